The zero-order valence-corrected chi connectivity index (χ0v) is 9.01. The molecule has 0 radical (unpaired) electrons. The standard InChI is InChI=1S/C10H15NOS/c1-8(12)13-10-6-4-9(5-7-10)11(2)3/h4-8,12H,1-3H3. The number of benzene rings is 1. The van der Waals surface area contributed by atoms with Gasteiger partial charge in [0.25, 0.3) is 0 Å². The Hall–Kier alpha value is -0.670. The topological polar surface area (TPSA) is 23.5 Å². The van der Waals surface area contributed by atoms with E-state index in [1.165, 1.54) is 17.4 Å². The summed E-state index contributed by atoms with van der Waals surface area (Å²) < 4.78 is 0. The molecular formula is C10H15NOS. The van der Waals surface area contributed by atoms with Crippen LogP contribution in [-0.4, -0.2) is 24.6 Å². The van der Waals surface area contributed by atoms with Gasteiger partial charge in [0.15, 0.2) is 0 Å². The minimum atomic E-state index is -0.342. The summed E-state index contributed by atoms with van der Waals surface area (Å²) in [6, 6.07) is 8.13. The minimum Gasteiger partial charge on any atom is -0.382 e. The lowest BCUT2D eigenvalue weighted by Gasteiger charge is -2.12. The van der Waals surface area contributed by atoms with Gasteiger partial charge in [0.2, 0.25) is 0 Å². The minimum absolute atomic E-state index is 0.342. The van der Waals surface area contributed by atoms with Gasteiger partial charge in [-0.3, -0.25) is 0 Å². The Balaban J connectivity index is 2.70. The van der Waals surface area contributed by atoms with Gasteiger partial charge in [0, 0.05) is 24.7 Å². The molecule has 0 bridgehead atoms. The van der Waals surface area contributed by atoms with E-state index in [1.807, 2.05) is 38.4 Å². The molecule has 0 saturated carbocycles. The van der Waals surface area contributed by atoms with E-state index in [0.717, 1.165) is 4.90 Å². The van der Waals surface area contributed by atoms with E-state index in [4.69, 9.17) is 5.11 Å². The highest BCUT2D eigenvalue weighted by Crippen LogP contribution is 2.23. The second kappa shape index (κ2) is 4.53. The van der Waals surface area contributed by atoms with Crippen LogP contribution in [0.3, 0.4) is 0 Å². The molecule has 1 aromatic carbocycles. The zero-order valence-electron chi connectivity index (χ0n) is 8.19. The number of rotatable bonds is 3. The second-order valence-electron chi connectivity index (χ2n) is 3.11. The molecule has 0 aromatic heterocycles. The molecule has 1 N–H and O–H groups in total. The number of thioether (sulfide) groups is 1. The lowest BCUT2D eigenvalue weighted by Crippen LogP contribution is -2.07. The highest BCUT2D eigenvalue weighted by molar-refractivity contribution is 7.99. The van der Waals surface area contributed by atoms with Gasteiger partial charge in [0.1, 0.15) is 5.44 Å². The third-order valence-electron chi connectivity index (χ3n) is 1.66. The van der Waals surface area contributed by atoms with Crippen molar-refractivity contribution in [1.29, 1.82) is 0 Å². The number of aliphatic hydroxyl groups is 1. The van der Waals surface area contributed by atoms with E-state index in [2.05, 4.69) is 4.90 Å². The summed E-state index contributed by atoms with van der Waals surface area (Å²) in [5, 5.41) is 9.14. The summed E-state index contributed by atoms with van der Waals surface area (Å²) in [5.41, 5.74) is 0.833. The van der Waals surface area contributed by atoms with E-state index in [-0.39, 0.29) is 5.44 Å². The summed E-state index contributed by atoms with van der Waals surface area (Å²) in [7, 11) is 4.02. The molecule has 0 aliphatic carbocycles. The largest absolute Gasteiger partial charge is 0.382 e. The van der Waals surface area contributed by atoms with Crippen LogP contribution < -0.4 is 4.90 Å². The Morgan fingerprint density at radius 2 is 1.77 bits per heavy atom. The van der Waals surface area contributed by atoms with Gasteiger partial charge in [-0.2, -0.15) is 0 Å². The maximum Gasteiger partial charge on any atom is 0.101 e. The number of hydrogen-bond acceptors (Lipinski definition) is 3. The summed E-state index contributed by atoms with van der Waals surface area (Å²) in [6.45, 7) is 1.77. The molecule has 0 amide bonds. The van der Waals surface area contributed by atoms with Gasteiger partial charge < -0.3 is 10.0 Å². The molecule has 1 rings (SSSR count). The third-order valence-corrected chi connectivity index (χ3v) is 2.55. The fraction of sp³-hybridized carbons (Fsp3) is 0.400. The molecule has 1 unspecified atom stereocenters. The molecule has 0 spiro atoms. The van der Waals surface area contributed by atoms with Gasteiger partial charge in [-0.15, -0.1) is 0 Å². The van der Waals surface area contributed by atoms with Crippen LogP contribution in [0.1, 0.15) is 6.92 Å². The maximum absolute atomic E-state index is 9.14. The molecule has 0 saturated heterocycles. The first-order valence-corrected chi connectivity index (χ1v) is 5.09. The van der Waals surface area contributed by atoms with Crippen LogP contribution in [-0.2, 0) is 0 Å². The molecule has 1 atom stereocenters. The van der Waals surface area contributed by atoms with Gasteiger partial charge in [-0.05, 0) is 31.2 Å². The fourth-order valence-corrected chi connectivity index (χ4v) is 1.71. The first kappa shape index (κ1) is 10.4. The SMILES string of the molecule is CC(O)Sc1ccc(N(C)C)cc1. The fourth-order valence-electron chi connectivity index (χ4n) is 1.02. The summed E-state index contributed by atoms with van der Waals surface area (Å²) in [6.07, 6.45) is 0. The lowest BCUT2D eigenvalue weighted by atomic mass is 10.3. The number of nitrogens with zero attached hydrogens (tertiary/aromatic N) is 1. The molecule has 72 valence electrons. The monoisotopic (exact) mass is 197 g/mol. The molecule has 1 aromatic rings. The van der Waals surface area contributed by atoms with Gasteiger partial charge in [-0.25, -0.2) is 0 Å². The average molecular weight is 197 g/mol. The number of aliphatic hydroxyl groups excluding tert-OH is 1. The van der Waals surface area contributed by atoms with Gasteiger partial charge >= 0.3 is 0 Å². The third kappa shape index (κ3) is 3.28. The molecule has 0 heterocycles. The van der Waals surface area contributed by atoms with Gasteiger partial charge in [-0.1, -0.05) is 11.8 Å². The smallest absolute Gasteiger partial charge is 0.101 e. The first-order chi connectivity index (χ1) is 6.09. The molecule has 3 heteroatoms. The van der Waals surface area contributed by atoms with Crippen molar-refractivity contribution in [1.82, 2.24) is 0 Å². The molecule has 0 aliphatic heterocycles. The van der Waals surface area contributed by atoms with Crippen LogP contribution in [0.5, 0.6) is 0 Å². The first-order valence-electron chi connectivity index (χ1n) is 4.21. The average Bonchev–Trinajstić information content (AvgIpc) is 2.04. The highest BCUT2D eigenvalue weighted by Gasteiger charge is 1.99. The quantitative estimate of drug-likeness (QED) is 0.593. The van der Waals surface area contributed by atoms with Crippen LogP contribution in [0.15, 0.2) is 29.2 Å². The normalized spacial score (nSPS) is 12.6. The van der Waals surface area contributed by atoms with Crippen molar-refractivity contribution < 1.29 is 5.11 Å². The summed E-state index contributed by atoms with van der Waals surface area (Å²) in [4.78, 5) is 3.15. The molecular weight excluding hydrogens is 182 g/mol. The molecule has 0 fully saturated rings. The van der Waals surface area contributed by atoms with Crippen molar-refractivity contribution in [2.45, 2.75) is 17.3 Å². The van der Waals surface area contributed by atoms with E-state index in [0.29, 0.717) is 0 Å². The predicted octanol–water partition coefficient (Wildman–Crippen LogP) is 2.18. The Labute approximate surface area is 83.6 Å². The predicted molar refractivity (Wildman–Crippen MR) is 58.3 cm³/mol. The Kier molecular flexibility index (Phi) is 3.63. The van der Waals surface area contributed by atoms with Crippen molar-refractivity contribution in [3.63, 3.8) is 0 Å². The lowest BCUT2D eigenvalue weighted by molar-refractivity contribution is 0.284. The van der Waals surface area contributed by atoms with Crippen molar-refractivity contribution in [2.24, 2.45) is 0 Å². The van der Waals surface area contributed by atoms with Gasteiger partial charge in [0.05, 0.1) is 0 Å². The van der Waals surface area contributed by atoms with Crippen LogP contribution in [0.25, 0.3) is 0 Å². The van der Waals surface area contributed by atoms with Crippen LogP contribution in [0.2, 0.25) is 0 Å². The van der Waals surface area contributed by atoms with Crippen molar-refractivity contribution in [3.05, 3.63) is 24.3 Å². The Morgan fingerprint density at radius 1 is 1.23 bits per heavy atom. The van der Waals surface area contributed by atoms with Crippen LogP contribution >= 0.6 is 11.8 Å². The van der Waals surface area contributed by atoms with Crippen LogP contribution in [0.4, 0.5) is 5.69 Å². The summed E-state index contributed by atoms with van der Waals surface area (Å²) in [5.74, 6) is 0. The second-order valence-corrected chi connectivity index (χ2v) is 4.49. The van der Waals surface area contributed by atoms with Crippen LogP contribution in [0, 0.1) is 0 Å². The van der Waals surface area contributed by atoms with E-state index in [1.54, 1.807) is 6.92 Å². The highest BCUT2D eigenvalue weighted by atomic mass is 32.2. The maximum atomic E-state index is 9.14. The molecule has 2 nitrogen and oxygen atoms in total. The Bertz CT molecular complexity index is 256. The number of hydrogen-bond donors (Lipinski definition) is 1. The zero-order chi connectivity index (χ0) is 9.84. The van der Waals surface area contributed by atoms with E-state index in [9.17, 15) is 0 Å². The van der Waals surface area contributed by atoms with Crippen molar-refractivity contribution >= 4 is 17.4 Å². The summed E-state index contributed by atoms with van der Waals surface area (Å²) >= 11 is 1.46. The number of anilines is 1. The van der Waals surface area contributed by atoms with E-state index < -0.39 is 0 Å². The molecule has 13 heavy (non-hydrogen) atoms. The van der Waals surface area contributed by atoms with Crippen molar-refractivity contribution in [2.75, 3.05) is 19.0 Å². The van der Waals surface area contributed by atoms with E-state index >= 15 is 0 Å². The molecule has 0 aliphatic rings. The van der Waals surface area contributed by atoms with Crippen molar-refractivity contribution in [3.8, 4) is 0 Å². The Morgan fingerprint density at radius 3 is 2.15 bits per heavy atom.